The lowest BCUT2D eigenvalue weighted by molar-refractivity contribution is -0.115. The minimum Gasteiger partial charge on any atom is -0.489 e. The number of ether oxygens (including phenoxy) is 2. The number of anilines is 1. The summed E-state index contributed by atoms with van der Waals surface area (Å²) in [4.78, 5) is 12.5. The van der Waals surface area contributed by atoms with Crippen LogP contribution in [0.25, 0.3) is 5.69 Å². The van der Waals surface area contributed by atoms with E-state index in [1.807, 2.05) is 54.7 Å². The Balaban J connectivity index is 1.46. The van der Waals surface area contributed by atoms with E-state index >= 15 is 0 Å². The monoisotopic (exact) mass is 349 g/mol. The number of fused-ring (bicyclic) bond motifs is 1. The van der Waals surface area contributed by atoms with Gasteiger partial charge in [-0.1, -0.05) is 24.3 Å². The molecule has 4 rings (SSSR count). The summed E-state index contributed by atoms with van der Waals surface area (Å²) in [6.45, 7) is 1.19. The van der Waals surface area contributed by atoms with E-state index in [0.717, 1.165) is 17.7 Å². The van der Waals surface area contributed by atoms with Crippen LogP contribution in [0.4, 0.5) is 5.69 Å². The molecule has 1 N–H and O–H groups in total. The molecule has 2 heterocycles. The first kappa shape index (κ1) is 16.2. The van der Waals surface area contributed by atoms with Crippen molar-refractivity contribution in [3.8, 4) is 17.2 Å². The van der Waals surface area contributed by atoms with Gasteiger partial charge in [0.2, 0.25) is 5.91 Å². The first-order valence-corrected chi connectivity index (χ1v) is 8.57. The van der Waals surface area contributed by atoms with Crippen molar-refractivity contribution in [3.05, 3.63) is 66.5 Å². The van der Waals surface area contributed by atoms with Gasteiger partial charge in [0.15, 0.2) is 11.5 Å². The summed E-state index contributed by atoms with van der Waals surface area (Å²) >= 11 is 0. The van der Waals surface area contributed by atoms with Crippen LogP contribution in [0.15, 0.2) is 60.9 Å². The molecule has 1 aliphatic heterocycles. The van der Waals surface area contributed by atoms with Crippen LogP contribution < -0.4 is 14.8 Å². The maximum Gasteiger partial charge on any atom is 0.229 e. The number of hydrogen-bond donors (Lipinski definition) is 1. The Morgan fingerprint density at radius 3 is 2.81 bits per heavy atom. The SMILES string of the molecule is O=C(Cc1cnn(-c2ccccc2)c1)Nc1cccc2c1OCCCO2. The Morgan fingerprint density at radius 2 is 1.92 bits per heavy atom. The summed E-state index contributed by atoms with van der Waals surface area (Å²) in [7, 11) is 0. The summed E-state index contributed by atoms with van der Waals surface area (Å²) in [6.07, 6.45) is 4.62. The summed E-state index contributed by atoms with van der Waals surface area (Å²) in [6, 6.07) is 15.3. The van der Waals surface area contributed by atoms with E-state index in [0.29, 0.717) is 30.4 Å². The quantitative estimate of drug-likeness (QED) is 0.785. The third kappa shape index (κ3) is 3.54. The Hall–Kier alpha value is -3.28. The van der Waals surface area contributed by atoms with E-state index in [9.17, 15) is 4.79 Å². The molecule has 0 radical (unpaired) electrons. The van der Waals surface area contributed by atoms with Gasteiger partial charge in [-0.05, 0) is 29.8 Å². The van der Waals surface area contributed by atoms with Gasteiger partial charge in [0.05, 0.1) is 37.2 Å². The number of rotatable bonds is 4. The van der Waals surface area contributed by atoms with Crippen LogP contribution >= 0.6 is 0 Å². The predicted octanol–water partition coefficient (Wildman–Crippen LogP) is 3.21. The number of para-hydroxylation sites is 2. The average Bonchev–Trinajstić information content (AvgIpc) is 2.98. The Morgan fingerprint density at radius 1 is 1.08 bits per heavy atom. The lowest BCUT2D eigenvalue weighted by Crippen LogP contribution is -2.15. The van der Waals surface area contributed by atoms with Crippen molar-refractivity contribution in [2.24, 2.45) is 0 Å². The molecule has 0 aliphatic carbocycles. The third-order valence-corrected chi connectivity index (χ3v) is 4.07. The summed E-state index contributed by atoms with van der Waals surface area (Å²) < 4.78 is 13.1. The van der Waals surface area contributed by atoms with Gasteiger partial charge in [0.25, 0.3) is 0 Å². The van der Waals surface area contributed by atoms with Crippen LogP contribution in [0.5, 0.6) is 11.5 Å². The first-order valence-electron chi connectivity index (χ1n) is 8.57. The Bertz CT molecular complexity index is 906. The second kappa shape index (κ2) is 7.31. The molecule has 0 bridgehead atoms. The van der Waals surface area contributed by atoms with Crippen molar-refractivity contribution in [1.29, 1.82) is 0 Å². The van der Waals surface area contributed by atoms with Crippen LogP contribution in [0.3, 0.4) is 0 Å². The summed E-state index contributed by atoms with van der Waals surface area (Å²) in [5, 5.41) is 7.24. The van der Waals surface area contributed by atoms with Gasteiger partial charge in [0, 0.05) is 12.6 Å². The number of benzene rings is 2. The van der Waals surface area contributed by atoms with E-state index < -0.39 is 0 Å². The topological polar surface area (TPSA) is 65.4 Å². The lowest BCUT2D eigenvalue weighted by Gasteiger charge is -2.13. The minimum absolute atomic E-state index is 0.126. The van der Waals surface area contributed by atoms with Crippen molar-refractivity contribution in [2.75, 3.05) is 18.5 Å². The van der Waals surface area contributed by atoms with E-state index in [-0.39, 0.29) is 12.3 Å². The molecule has 2 aromatic carbocycles. The normalized spacial score (nSPS) is 13.1. The first-order chi connectivity index (χ1) is 12.8. The average molecular weight is 349 g/mol. The number of hydrogen-bond acceptors (Lipinski definition) is 4. The van der Waals surface area contributed by atoms with Crippen LogP contribution in [0.2, 0.25) is 0 Å². The summed E-state index contributed by atoms with van der Waals surface area (Å²) in [5.41, 5.74) is 2.42. The van der Waals surface area contributed by atoms with Crippen molar-refractivity contribution in [2.45, 2.75) is 12.8 Å². The molecule has 0 saturated carbocycles. The highest BCUT2D eigenvalue weighted by Crippen LogP contribution is 2.36. The van der Waals surface area contributed by atoms with Crippen LogP contribution in [0, 0.1) is 0 Å². The third-order valence-electron chi connectivity index (χ3n) is 4.07. The Labute approximate surface area is 151 Å². The van der Waals surface area contributed by atoms with Gasteiger partial charge in [-0.25, -0.2) is 4.68 Å². The fourth-order valence-electron chi connectivity index (χ4n) is 2.85. The number of amides is 1. The second-order valence-electron chi connectivity index (χ2n) is 6.04. The standard InChI is InChI=1S/C20H19N3O3/c24-19(12-15-13-21-23(14-15)16-6-2-1-3-7-16)22-17-8-4-9-18-20(17)26-11-5-10-25-18/h1-4,6-9,13-14H,5,10-12H2,(H,22,24). The number of carbonyl (C=O) groups excluding carboxylic acids is 1. The van der Waals surface area contributed by atoms with E-state index in [4.69, 9.17) is 9.47 Å². The van der Waals surface area contributed by atoms with Crippen molar-refractivity contribution in [3.63, 3.8) is 0 Å². The van der Waals surface area contributed by atoms with Gasteiger partial charge >= 0.3 is 0 Å². The van der Waals surface area contributed by atoms with E-state index in [1.165, 1.54) is 0 Å². The van der Waals surface area contributed by atoms with E-state index in [2.05, 4.69) is 10.4 Å². The molecule has 1 aromatic heterocycles. The van der Waals surface area contributed by atoms with E-state index in [1.54, 1.807) is 10.9 Å². The highest BCUT2D eigenvalue weighted by Gasteiger charge is 2.16. The molecule has 1 aliphatic rings. The van der Waals surface area contributed by atoms with Crippen LogP contribution in [0.1, 0.15) is 12.0 Å². The van der Waals surface area contributed by atoms with Gasteiger partial charge in [-0.3, -0.25) is 4.79 Å². The molecule has 132 valence electrons. The molecule has 1 amide bonds. The molecule has 0 fully saturated rings. The number of nitrogens with zero attached hydrogens (tertiary/aromatic N) is 2. The van der Waals surface area contributed by atoms with Crippen LogP contribution in [-0.4, -0.2) is 28.9 Å². The van der Waals surface area contributed by atoms with Crippen molar-refractivity contribution < 1.29 is 14.3 Å². The molecular formula is C20H19N3O3. The summed E-state index contributed by atoms with van der Waals surface area (Å²) in [5.74, 6) is 1.13. The smallest absolute Gasteiger partial charge is 0.229 e. The molecule has 3 aromatic rings. The van der Waals surface area contributed by atoms with Gasteiger partial charge in [0.1, 0.15) is 0 Å². The molecule has 0 spiro atoms. The molecule has 0 atom stereocenters. The van der Waals surface area contributed by atoms with Gasteiger partial charge in [-0.15, -0.1) is 0 Å². The highest BCUT2D eigenvalue weighted by molar-refractivity contribution is 5.94. The minimum atomic E-state index is -0.126. The fourth-order valence-corrected chi connectivity index (χ4v) is 2.85. The van der Waals surface area contributed by atoms with Gasteiger partial charge in [-0.2, -0.15) is 5.10 Å². The van der Waals surface area contributed by atoms with Crippen molar-refractivity contribution >= 4 is 11.6 Å². The maximum atomic E-state index is 12.5. The second-order valence-corrected chi connectivity index (χ2v) is 6.04. The Kier molecular flexibility index (Phi) is 4.55. The highest BCUT2D eigenvalue weighted by atomic mass is 16.5. The predicted molar refractivity (Wildman–Crippen MR) is 97.9 cm³/mol. The lowest BCUT2D eigenvalue weighted by atomic mass is 10.2. The van der Waals surface area contributed by atoms with Gasteiger partial charge < -0.3 is 14.8 Å². The zero-order chi connectivity index (χ0) is 17.8. The molecule has 6 heteroatoms. The number of nitrogens with one attached hydrogen (secondary N) is 1. The number of aromatic nitrogens is 2. The van der Waals surface area contributed by atoms with Crippen molar-refractivity contribution in [1.82, 2.24) is 9.78 Å². The fraction of sp³-hybridized carbons (Fsp3) is 0.200. The molecule has 0 saturated heterocycles. The number of carbonyl (C=O) groups is 1. The zero-order valence-corrected chi connectivity index (χ0v) is 14.2. The molecule has 0 unspecified atom stereocenters. The largest absolute Gasteiger partial charge is 0.489 e. The molecule has 6 nitrogen and oxygen atoms in total. The maximum absolute atomic E-state index is 12.5. The zero-order valence-electron chi connectivity index (χ0n) is 14.2. The molecular weight excluding hydrogens is 330 g/mol. The van der Waals surface area contributed by atoms with Crippen LogP contribution in [-0.2, 0) is 11.2 Å². The molecule has 26 heavy (non-hydrogen) atoms.